The minimum absolute atomic E-state index is 0.0237. The van der Waals surface area contributed by atoms with Gasteiger partial charge in [-0.3, -0.25) is 5.43 Å². The van der Waals surface area contributed by atoms with E-state index in [1.807, 2.05) is 6.92 Å². The van der Waals surface area contributed by atoms with Crippen molar-refractivity contribution in [3.05, 3.63) is 42.0 Å². The number of phenolic OH excluding ortho intramolecular Hbond substituents is 1. The number of nitrogens with one attached hydrogen (secondary N) is 2. The van der Waals surface area contributed by atoms with Crippen LogP contribution >= 0.6 is 12.2 Å². The fourth-order valence-electron chi connectivity index (χ4n) is 4.02. The number of ether oxygens (including phenoxy) is 3. The third-order valence-electron chi connectivity index (χ3n) is 5.88. The summed E-state index contributed by atoms with van der Waals surface area (Å²) in [6, 6.07) is 10.1. The molecular formula is C24H31N5O6S2. The summed E-state index contributed by atoms with van der Waals surface area (Å²) in [5, 5.41) is 17.7. The van der Waals surface area contributed by atoms with Gasteiger partial charge in [-0.1, -0.05) is 6.07 Å². The molecule has 3 N–H and O–H groups in total. The van der Waals surface area contributed by atoms with E-state index >= 15 is 0 Å². The first kappa shape index (κ1) is 27.1. The summed E-state index contributed by atoms with van der Waals surface area (Å²) < 4.78 is 44.1. The van der Waals surface area contributed by atoms with Crippen LogP contribution in [0.25, 0.3) is 0 Å². The summed E-state index contributed by atoms with van der Waals surface area (Å²) in [6.07, 6.45) is 1.42. The number of hydrazone groups is 1. The summed E-state index contributed by atoms with van der Waals surface area (Å²) in [5.74, 6) is 0.338. The minimum Gasteiger partial charge on any atom is -0.504 e. The Morgan fingerprint density at radius 3 is 2.54 bits per heavy atom. The van der Waals surface area contributed by atoms with Crippen molar-refractivity contribution in [3.63, 3.8) is 0 Å². The quantitative estimate of drug-likeness (QED) is 0.256. The molecule has 13 heteroatoms. The van der Waals surface area contributed by atoms with E-state index in [0.29, 0.717) is 76.2 Å². The Morgan fingerprint density at radius 1 is 1.14 bits per heavy atom. The van der Waals surface area contributed by atoms with Gasteiger partial charge in [-0.15, -0.1) is 0 Å². The lowest BCUT2D eigenvalue weighted by Gasteiger charge is -2.31. The minimum atomic E-state index is -3.70. The Morgan fingerprint density at radius 2 is 1.84 bits per heavy atom. The van der Waals surface area contributed by atoms with Crippen LogP contribution in [-0.4, -0.2) is 88.4 Å². The summed E-state index contributed by atoms with van der Waals surface area (Å²) in [7, 11) is -3.70. The second-order valence-corrected chi connectivity index (χ2v) is 10.6. The smallest absolute Gasteiger partial charge is 0.243 e. The molecule has 200 valence electrons. The lowest BCUT2D eigenvalue weighted by atomic mass is 10.2. The molecule has 2 aromatic carbocycles. The van der Waals surface area contributed by atoms with Gasteiger partial charge in [0.15, 0.2) is 16.6 Å². The van der Waals surface area contributed by atoms with Gasteiger partial charge in [-0.25, -0.2) is 8.42 Å². The lowest BCUT2D eigenvalue weighted by molar-refractivity contribution is 0.0730. The number of hydrogen-bond donors (Lipinski definition) is 3. The predicted octanol–water partition coefficient (Wildman–Crippen LogP) is 1.97. The molecule has 2 aliphatic heterocycles. The highest BCUT2D eigenvalue weighted by molar-refractivity contribution is 7.89. The number of sulfonamides is 1. The molecule has 0 amide bonds. The van der Waals surface area contributed by atoms with E-state index in [1.54, 1.807) is 36.4 Å². The van der Waals surface area contributed by atoms with E-state index < -0.39 is 10.0 Å². The van der Waals surface area contributed by atoms with E-state index in [-0.39, 0.29) is 15.8 Å². The number of aromatic hydroxyl groups is 1. The van der Waals surface area contributed by atoms with Crippen LogP contribution in [0.5, 0.6) is 11.5 Å². The summed E-state index contributed by atoms with van der Waals surface area (Å²) >= 11 is 5.43. The summed E-state index contributed by atoms with van der Waals surface area (Å²) in [6.45, 7) is 6.08. The second kappa shape index (κ2) is 12.5. The Bertz CT molecular complexity index is 1230. The van der Waals surface area contributed by atoms with Crippen molar-refractivity contribution in [2.75, 3.05) is 69.4 Å². The zero-order valence-electron chi connectivity index (χ0n) is 20.6. The normalized spacial score (nSPS) is 17.1. The van der Waals surface area contributed by atoms with Crippen LogP contribution in [0.15, 0.2) is 46.4 Å². The van der Waals surface area contributed by atoms with Crippen LogP contribution in [0.1, 0.15) is 12.5 Å². The second-order valence-electron chi connectivity index (χ2n) is 8.25. The predicted molar refractivity (Wildman–Crippen MR) is 145 cm³/mol. The molecule has 2 fully saturated rings. The zero-order valence-corrected chi connectivity index (χ0v) is 22.2. The first-order chi connectivity index (χ1) is 17.9. The standard InChI is InChI=1S/C24H31N5O6S2/c1-2-35-22-5-3-4-18(23(22)30)17-25-27-24(36)26-20-16-19(37(31,32)29-10-14-34-15-11-29)6-7-21(20)28-8-12-33-13-9-28/h3-7,16-17,30H,2,8-15H2,1H3,(H2,26,27,36)/b25-17+. The first-order valence-electron chi connectivity index (χ1n) is 12.0. The Kier molecular flexibility index (Phi) is 9.16. The molecule has 0 radical (unpaired) electrons. The molecular weight excluding hydrogens is 518 g/mol. The van der Waals surface area contributed by atoms with Gasteiger partial charge in [0, 0.05) is 31.7 Å². The fourth-order valence-corrected chi connectivity index (χ4v) is 5.62. The monoisotopic (exact) mass is 549 g/mol. The van der Waals surface area contributed by atoms with Gasteiger partial charge in [-0.2, -0.15) is 9.41 Å². The van der Waals surface area contributed by atoms with Gasteiger partial charge in [0.2, 0.25) is 10.0 Å². The number of para-hydroxylation sites is 1. The van der Waals surface area contributed by atoms with Crippen LogP contribution in [0.4, 0.5) is 11.4 Å². The molecule has 0 bridgehead atoms. The fraction of sp³-hybridized carbons (Fsp3) is 0.417. The molecule has 2 heterocycles. The third-order valence-corrected chi connectivity index (χ3v) is 7.96. The van der Waals surface area contributed by atoms with Crippen LogP contribution in [0, 0.1) is 0 Å². The van der Waals surface area contributed by atoms with Crippen molar-refractivity contribution < 1.29 is 27.7 Å². The van der Waals surface area contributed by atoms with Crippen molar-refractivity contribution in [3.8, 4) is 11.5 Å². The molecule has 0 aliphatic carbocycles. The largest absolute Gasteiger partial charge is 0.504 e. The van der Waals surface area contributed by atoms with Gasteiger partial charge < -0.3 is 29.5 Å². The molecule has 0 saturated carbocycles. The number of thiocarbonyl (C=S) groups is 1. The SMILES string of the molecule is CCOc1cccc(/C=N/NC(=S)Nc2cc(S(=O)(=O)N3CCOCC3)ccc2N2CCOCC2)c1O. The van der Waals surface area contributed by atoms with Gasteiger partial charge in [0.25, 0.3) is 0 Å². The van der Waals surface area contributed by atoms with Gasteiger partial charge >= 0.3 is 0 Å². The van der Waals surface area contributed by atoms with Crippen molar-refractivity contribution >= 4 is 44.9 Å². The zero-order chi connectivity index (χ0) is 26.3. The van der Waals surface area contributed by atoms with Gasteiger partial charge in [-0.05, 0) is 49.5 Å². The lowest BCUT2D eigenvalue weighted by Crippen LogP contribution is -2.40. The number of morpholine rings is 2. The van der Waals surface area contributed by atoms with Crippen LogP contribution in [0.3, 0.4) is 0 Å². The average Bonchev–Trinajstić information content (AvgIpc) is 2.92. The highest BCUT2D eigenvalue weighted by Crippen LogP contribution is 2.31. The molecule has 2 saturated heterocycles. The Balaban J connectivity index is 1.53. The topological polar surface area (TPSA) is 125 Å². The van der Waals surface area contributed by atoms with E-state index in [2.05, 4.69) is 20.7 Å². The number of benzene rings is 2. The highest BCUT2D eigenvalue weighted by atomic mass is 32.2. The molecule has 0 spiro atoms. The van der Waals surface area contributed by atoms with Crippen molar-refractivity contribution in [2.24, 2.45) is 5.10 Å². The number of phenols is 1. The van der Waals surface area contributed by atoms with Gasteiger partial charge in [0.05, 0.1) is 55.5 Å². The van der Waals surface area contributed by atoms with Crippen LogP contribution in [-0.2, 0) is 19.5 Å². The van der Waals surface area contributed by atoms with Crippen LogP contribution < -0.4 is 20.4 Å². The van der Waals surface area contributed by atoms with Crippen molar-refractivity contribution in [1.82, 2.24) is 9.73 Å². The molecule has 2 aromatic rings. The molecule has 0 atom stereocenters. The van der Waals surface area contributed by atoms with E-state index in [1.165, 1.54) is 10.5 Å². The number of rotatable bonds is 8. The Labute approximate surface area is 222 Å². The van der Waals surface area contributed by atoms with E-state index in [9.17, 15) is 13.5 Å². The average molecular weight is 550 g/mol. The van der Waals surface area contributed by atoms with Gasteiger partial charge in [0.1, 0.15) is 0 Å². The van der Waals surface area contributed by atoms with E-state index in [0.717, 1.165) is 5.69 Å². The third kappa shape index (κ3) is 6.67. The molecule has 0 unspecified atom stereocenters. The molecule has 11 nitrogen and oxygen atoms in total. The Hall–Kier alpha value is -2.97. The number of anilines is 2. The van der Waals surface area contributed by atoms with Crippen molar-refractivity contribution in [2.45, 2.75) is 11.8 Å². The molecule has 4 rings (SSSR count). The maximum absolute atomic E-state index is 13.3. The highest BCUT2D eigenvalue weighted by Gasteiger charge is 2.28. The van der Waals surface area contributed by atoms with E-state index in [4.69, 9.17) is 26.4 Å². The van der Waals surface area contributed by atoms with Crippen molar-refractivity contribution in [1.29, 1.82) is 0 Å². The number of nitrogens with zero attached hydrogens (tertiary/aromatic N) is 3. The molecule has 37 heavy (non-hydrogen) atoms. The summed E-state index contributed by atoms with van der Waals surface area (Å²) in [5.41, 5.74) is 4.52. The molecule has 0 aromatic heterocycles. The first-order valence-corrected chi connectivity index (χ1v) is 13.8. The molecule has 2 aliphatic rings. The maximum Gasteiger partial charge on any atom is 0.243 e. The number of hydrogen-bond acceptors (Lipinski definition) is 9. The maximum atomic E-state index is 13.3. The summed E-state index contributed by atoms with van der Waals surface area (Å²) in [4.78, 5) is 2.28. The van der Waals surface area contributed by atoms with Crippen LogP contribution in [0.2, 0.25) is 0 Å².